The molecule has 1 atom stereocenters. The molecule has 1 aromatic carbocycles. The van der Waals surface area contributed by atoms with Crippen molar-refractivity contribution in [2.75, 3.05) is 11.9 Å². The lowest BCUT2D eigenvalue weighted by Gasteiger charge is -2.11. The van der Waals surface area contributed by atoms with Crippen molar-refractivity contribution in [2.45, 2.75) is 46.1 Å². The molecule has 0 fully saturated rings. The van der Waals surface area contributed by atoms with Crippen LogP contribution < -0.4 is 10.6 Å². The normalized spacial score (nSPS) is 12.5. The van der Waals surface area contributed by atoms with Crippen molar-refractivity contribution in [3.05, 3.63) is 29.8 Å². The van der Waals surface area contributed by atoms with Gasteiger partial charge in [0.15, 0.2) is 0 Å². The van der Waals surface area contributed by atoms with Gasteiger partial charge < -0.3 is 10.6 Å². The molecular weight excluding hydrogens is 224 g/mol. The average molecular weight is 248 g/mol. The molecule has 3 nitrogen and oxygen atoms in total. The van der Waals surface area contributed by atoms with Crippen molar-refractivity contribution in [3.63, 3.8) is 0 Å². The summed E-state index contributed by atoms with van der Waals surface area (Å²) < 4.78 is 0. The Hall–Kier alpha value is -1.35. The summed E-state index contributed by atoms with van der Waals surface area (Å²) in [6.45, 7) is 8.78. The Morgan fingerprint density at radius 2 is 1.78 bits per heavy atom. The molecule has 0 saturated carbocycles. The molecule has 2 N–H and O–H groups in total. The van der Waals surface area contributed by atoms with Crippen LogP contribution in [0.25, 0.3) is 0 Å². The van der Waals surface area contributed by atoms with Gasteiger partial charge in [0.1, 0.15) is 0 Å². The van der Waals surface area contributed by atoms with E-state index in [0.29, 0.717) is 18.5 Å². The Labute approximate surface area is 110 Å². The maximum Gasteiger partial charge on any atom is 0.238 e. The number of nitrogens with one attached hydrogen (secondary N) is 2. The average Bonchev–Trinajstić information content (AvgIpc) is 2.36. The van der Waals surface area contributed by atoms with E-state index in [1.165, 1.54) is 5.56 Å². The van der Waals surface area contributed by atoms with Gasteiger partial charge in [-0.15, -0.1) is 0 Å². The lowest BCUT2D eigenvalue weighted by atomic mass is 9.99. The Kier molecular flexibility index (Phi) is 5.86. The Morgan fingerprint density at radius 3 is 2.28 bits per heavy atom. The minimum absolute atomic E-state index is 0.00000926. The summed E-state index contributed by atoms with van der Waals surface area (Å²) in [5.41, 5.74) is 2.17. The summed E-state index contributed by atoms with van der Waals surface area (Å²) >= 11 is 0. The van der Waals surface area contributed by atoms with Crippen molar-refractivity contribution < 1.29 is 4.79 Å². The van der Waals surface area contributed by atoms with Crippen LogP contribution in [-0.4, -0.2) is 18.5 Å². The van der Waals surface area contributed by atoms with Gasteiger partial charge in [-0.2, -0.15) is 0 Å². The Balaban J connectivity index is 2.50. The van der Waals surface area contributed by atoms with E-state index in [0.717, 1.165) is 12.1 Å². The molecule has 0 aromatic heterocycles. The van der Waals surface area contributed by atoms with Crippen LogP contribution in [0.5, 0.6) is 0 Å². The van der Waals surface area contributed by atoms with E-state index in [4.69, 9.17) is 0 Å². The van der Waals surface area contributed by atoms with E-state index in [1.54, 1.807) is 0 Å². The smallest absolute Gasteiger partial charge is 0.238 e. The van der Waals surface area contributed by atoms with E-state index >= 15 is 0 Å². The largest absolute Gasteiger partial charge is 0.325 e. The fourth-order valence-electron chi connectivity index (χ4n) is 1.63. The molecule has 18 heavy (non-hydrogen) atoms. The summed E-state index contributed by atoms with van der Waals surface area (Å²) in [4.78, 5) is 11.6. The van der Waals surface area contributed by atoms with Crippen LogP contribution in [0.1, 0.15) is 45.6 Å². The highest BCUT2D eigenvalue weighted by Gasteiger charge is 2.05. The zero-order valence-corrected chi connectivity index (χ0v) is 11.8. The van der Waals surface area contributed by atoms with Crippen molar-refractivity contribution in [2.24, 2.45) is 0 Å². The Bertz CT molecular complexity index is 371. The molecule has 100 valence electrons. The van der Waals surface area contributed by atoms with Gasteiger partial charge >= 0.3 is 0 Å². The van der Waals surface area contributed by atoms with E-state index < -0.39 is 0 Å². The quantitative estimate of drug-likeness (QED) is 0.812. The summed E-state index contributed by atoms with van der Waals surface area (Å²) in [6.07, 6.45) is 1.13. The van der Waals surface area contributed by atoms with Crippen LogP contribution in [-0.2, 0) is 4.79 Å². The lowest BCUT2D eigenvalue weighted by Crippen LogP contribution is -2.32. The molecule has 0 aliphatic carbocycles. The summed E-state index contributed by atoms with van der Waals surface area (Å²) in [7, 11) is 0. The third kappa shape index (κ3) is 4.88. The highest BCUT2D eigenvalue weighted by Crippen LogP contribution is 2.20. The second kappa shape index (κ2) is 7.17. The second-order valence-electron chi connectivity index (χ2n) is 5.02. The summed E-state index contributed by atoms with van der Waals surface area (Å²) in [5.74, 6) is 0.567. The number of benzene rings is 1. The summed E-state index contributed by atoms with van der Waals surface area (Å²) in [6, 6.07) is 8.42. The molecule has 0 radical (unpaired) electrons. The SMILES string of the molecule is CCC(C)c1ccc(NC(=O)CNC(C)C)cc1. The number of hydrogen-bond donors (Lipinski definition) is 2. The molecule has 3 heteroatoms. The predicted molar refractivity (Wildman–Crippen MR) is 76.9 cm³/mol. The second-order valence-corrected chi connectivity index (χ2v) is 5.02. The molecule has 0 spiro atoms. The Morgan fingerprint density at radius 1 is 1.17 bits per heavy atom. The zero-order chi connectivity index (χ0) is 13.5. The fraction of sp³-hybridized carbons (Fsp3) is 0.533. The van der Waals surface area contributed by atoms with E-state index in [-0.39, 0.29) is 5.91 Å². The molecular formula is C15H24N2O. The van der Waals surface area contributed by atoms with Crippen molar-refractivity contribution >= 4 is 11.6 Å². The van der Waals surface area contributed by atoms with Crippen molar-refractivity contribution in [1.82, 2.24) is 5.32 Å². The van der Waals surface area contributed by atoms with Crippen LogP contribution in [0.2, 0.25) is 0 Å². The predicted octanol–water partition coefficient (Wildman–Crippen LogP) is 3.14. The third-order valence-electron chi connectivity index (χ3n) is 3.05. The monoisotopic (exact) mass is 248 g/mol. The first-order chi connectivity index (χ1) is 8.52. The topological polar surface area (TPSA) is 41.1 Å². The molecule has 0 saturated heterocycles. The minimum Gasteiger partial charge on any atom is -0.325 e. The molecule has 0 bridgehead atoms. The van der Waals surface area contributed by atoms with E-state index in [2.05, 4.69) is 36.6 Å². The minimum atomic E-state index is -0.00000926. The first-order valence-corrected chi connectivity index (χ1v) is 6.66. The summed E-state index contributed by atoms with van der Waals surface area (Å²) in [5, 5.41) is 5.97. The standard InChI is InChI=1S/C15H24N2O/c1-5-12(4)13-6-8-14(9-7-13)17-15(18)10-16-11(2)3/h6-9,11-12,16H,5,10H2,1-4H3,(H,17,18). The molecule has 0 aliphatic rings. The molecule has 0 heterocycles. The molecule has 0 aliphatic heterocycles. The fourth-order valence-corrected chi connectivity index (χ4v) is 1.63. The molecule has 1 aromatic rings. The van der Waals surface area contributed by atoms with Crippen LogP contribution in [0.15, 0.2) is 24.3 Å². The van der Waals surface area contributed by atoms with Gasteiger partial charge in [0.2, 0.25) is 5.91 Å². The number of anilines is 1. The third-order valence-corrected chi connectivity index (χ3v) is 3.05. The van der Waals surface area contributed by atoms with E-state index in [9.17, 15) is 4.79 Å². The van der Waals surface area contributed by atoms with Gasteiger partial charge in [-0.1, -0.05) is 39.8 Å². The van der Waals surface area contributed by atoms with Crippen molar-refractivity contribution in [3.8, 4) is 0 Å². The maximum atomic E-state index is 11.6. The van der Waals surface area contributed by atoms with Gasteiger partial charge in [0.05, 0.1) is 6.54 Å². The van der Waals surface area contributed by atoms with Crippen LogP contribution in [0.4, 0.5) is 5.69 Å². The van der Waals surface area contributed by atoms with Gasteiger partial charge in [-0.3, -0.25) is 4.79 Å². The number of rotatable bonds is 6. The molecule has 1 unspecified atom stereocenters. The van der Waals surface area contributed by atoms with Gasteiger partial charge in [-0.05, 0) is 30.0 Å². The number of carbonyl (C=O) groups is 1. The van der Waals surface area contributed by atoms with Gasteiger partial charge in [-0.25, -0.2) is 0 Å². The molecule has 1 amide bonds. The lowest BCUT2D eigenvalue weighted by molar-refractivity contribution is -0.115. The van der Waals surface area contributed by atoms with Crippen molar-refractivity contribution in [1.29, 1.82) is 0 Å². The van der Waals surface area contributed by atoms with E-state index in [1.807, 2.05) is 26.0 Å². The highest BCUT2D eigenvalue weighted by molar-refractivity contribution is 5.92. The number of carbonyl (C=O) groups excluding carboxylic acids is 1. The zero-order valence-electron chi connectivity index (χ0n) is 11.8. The number of hydrogen-bond acceptors (Lipinski definition) is 2. The van der Waals surface area contributed by atoms with Gasteiger partial charge in [0, 0.05) is 11.7 Å². The van der Waals surface area contributed by atoms with Gasteiger partial charge in [0.25, 0.3) is 0 Å². The number of amides is 1. The van der Waals surface area contributed by atoms with Crippen LogP contribution in [0.3, 0.4) is 0 Å². The first-order valence-electron chi connectivity index (χ1n) is 6.66. The maximum absolute atomic E-state index is 11.6. The molecule has 1 rings (SSSR count). The first kappa shape index (κ1) is 14.7. The van der Waals surface area contributed by atoms with Crippen LogP contribution in [0, 0.1) is 0 Å². The van der Waals surface area contributed by atoms with Crippen LogP contribution >= 0.6 is 0 Å². The highest BCUT2D eigenvalue weighted by atomic mass is 16.1.